The predicted molar refractivity (Wildman–Crippen MR) is 207 cm³/mol. The van der Waals surface area contributed by atoms with E-state index in [4.69, 9.17) is 19.9 Å². The van der Waals surface area contributed by atoms with E-state index in [2.05, 4.69) is 16.0 Å². The average Bonchev–Trinajstić information content (AvgIpc) is 3.14. The first kappa shape index (κ1) is 44.5. The molecule has 1 aliphatic carbocycles. The molecule has 0 aromatic heterocycles. The molecule has 2 aromatic carbocycles. The number of alkyl carbamates (subject to hydrolysis) is 1. The number of nitrogens with two attached hydrogens (primary N) is 1. The Morgan fingerprint density at radius 3 is 1.87 bits per heavy atom. The van der Waals surface area contributed by atoms with Gasteiger partial charge >= 0.3 is 18.0 Å². The lowest BCUT2D eigenvalue weighted by atomic mass is 9.98. The molecular formula is C42H60N4O9. The highest BCUT2D eigenvalue weighted by Crippen LogP contribution is 2.21. The summed E-state index contributed by atoms with van der Waals surface area (Å²) in [6.45, 7) is 5.50. The lowest BCUT2D eigenvalue weighted by Crippen LogP contribution is -2.57. The average molecular weight is 765 g/mol. The second-order valence-corrected chi connectivity index (χ2v) is 15.2. The fourth-order valence-electron chi connectivity index (χ4n) is 6.30. The number of primary amides is 1. The molecule has 0 aliphatic heterocycles. The van der Waals surface area contributed by atoms with Crippen LogP contribution in [0.4, 0.5) is 4.79 Å². The zero-order valence-corrected chi connectivity index (χ0v) is 32.6. The standard InChI is InChI=1S/C42H60N4O9/c1-42(2,3)55-36(47)26-18-7-5-4-6-17-25-33(46-41(52)53-29-31-21-13-9-14-22-31)39(50)45-35(28-37(48)54-32-23-15-10-16-24-32)40(51)44-34(38(43)49)27-30-19-11-8-12-20-30/h8-9,11-14,19-22,32-35H,4-7,10,15-18,23-29H2,1-3H3,(H2,43,49)(H,44,51)(H,45,50)(H,46,52)/t33-,34-,35-/m0/s1. The molecular weight excluding hydrogens is 704 g/mol. The summed E-state index contributed by atoms with van der Waals surface area (Å²) >= 11 is 0. The largest absolute Gasteiger partial charge is 0.462 e. The van der Waals surface area contributed by atoms with Crippen molar-refractivity contribution in [3.63, 3.8) is 0 Å². The second kappa shape index (κ2) is 23.8. The molecule has 0 bridgehead atoms. The number of hydrogen-bond donors (Lipinski definition) is 4. The van der Waals surface area contributed by atoms with Crippen LogP contribution in [-0.4, -0.2) is 65.6 Å². The van der Waals surface area contributed by atoms with Crippen molar-refractivity contribution in [2.45, 2.75) is 154 Å². The van der Waals surface area contributed by atoms with Crippen LogP contribution in [0.3, 0.4) is 0 Å². The van der Waals surface area contributed by atoms with Crippen LogP contribution in [0.5, 0.6) is 0 Å². The Balaban J connectivity index is 1.67. The number of ether oxygens (including phenoxy) is 3. The number of amides is 4. The van der Waals surface area contributed by atoms with Crippen molar-refractivity contribution in [1.29, 1.82) is 0 Å². The van der Waals surface area contributed by atoms with Gasteiger partial charge in [-0.1, -0.05) is 99.2 Å². The van der Waals surface area contributed by atoms with Gasteiger partial charge in [-0.15, -0.1) is 0 Å². The number of unbranched alkanes of at least 4 members (excludes halogenated alkanes) is 5. The molecule has 302 valence electrons. The monoisotopic (exact) mass is 764 g/mol. The van der Waals surface area contributed by atoms with Crippen LogP contribution in [0, 0.1) is 0 Å². The highest BCUT2D eigenvalue weighted by atomic mass is 16.6. The Morgan fingerprint density at radius 1 is 0.691 bits per heavy atom. The number of hydrogen-bond acceptors (Lipinski definition) is 9. The molecule has 0 unspecified atom stereocenters. The SMILES string of the molecule is CC(C)(C)OC(=O)CCCCCCCC[C@H](NC(=O)OCc1ccccc1)C(=O)N[C@@H](CC(=O)OC1CCCCC1)C(=O)N[C@@H](Cc1ccccc1)C(N)=O. The van der Waals surface area contributed by atoms with Crippen LogP contribution in [0.25, 0.3) is 0 Å². The van der Waals surface area contributed by atoms with Crippen molar-refractivity contribution in [1.82, 2.24) is 16.0 Å². The molecule has 13 nitrogen and oxygen atoms in total. The Morgan fingerprint density at radius 2 is 1.25 bits per heavy atom. The molecule has 3 rings (SSSR count). The minimum absolute atomic E-state index is 0.0156. The minimum atomic E-state index is -1.42. The summed E-state index contributed by atoms with van der Waals surface area (Å²) < 4.78 is 16.4. The van der Waals surface area contributed by atoms with E-state index in [9.17, 15) is 28.8 Å². The summed E-state index contributed by atoms with van der Waals surface area (Å²) in [5, 5.41) is 7.90. The fourth-order valence-corrected chi connectivity index (χ4v) is 6.30. The van der Waals surface area contributed by atoms with Crippen LogP contribution in [0.15, 0.2) is 60.7 Å². The Bertz CT molecular complexity index is 1510. The van der Waals surface area contributed by atoms with Gasteiger partial charge in [0.2, 0.25) is 17.7 Å². The third kappa shape index (κ3) is 18.8. The molecule has 1 fully saturated rings. The van der Waals surface area contributed by atoms with Crippen molar-refractivity contribution < 1.29 is 43.0 Å². The number of benzene rings is 2. The molecule has 2 aromatic rings. The number of carbonyl (C=O) groups is 6. The second-order valence-electron chi connectivity index (χ2n) is 15.2. The zero-order chi connectivity index (χ0) is 40.1. The molecule has 4 amide bonds. The van der Waals surface area contributed by atoms with Crippen molar-refractivity contribution in [3.05, 3.63) is 71.8 Å². The highest BCUT2D eigenvalue weighted by Gasteiger charge is 2.32. The lowest BCUT2D eigenvalue weighted by Gasteiger charge is -2.26. The molecule has 1 saturated carbocycles. The van der Waals surface area contributed by atoms with E-state index in [1.807, 2.05) is 45.0 Å². The molecule has 1 aliphatic rings. The summed E-state index contributed by atoms with van der Waals surface area (Å²) in [5.74, 6) is -3.15. The normalized spacial score (nSPS) is 14.7. The van der Waals surface area contributed by atoms with Crippen molar-refractivity contribution in [3.8, 4) is 0 Å². The molecule has 0 heterocycles. The number of esters is 2. The summed E-state index contributed by atoms with van der Waals surface area (Å²) in [4.78, 5) is 78.1. The number of nitrogens with one attached hydrogen (secondary N) is 3. The van der Waals surface area contributed by atoms with E-state index >= 15 is 0 Å². The summed E-state index contributed by atoms with van der Waals surface area (Å²) in [6, 6.07) is 14.4. The van der Waals surface area contributed by atoms with Gasteiger partial charge in [0.1, 0.15) is 36.4 Å². The van der Waals surface area contributed by atoms with Crippen molar-refractivity contribution in [2.24, 2.45) is 5.73 Å². The van der Waals surface area contributed by atoms with Crippen LogP contribution in [0.1, 0.15) is 122 Å². The molecule has 5 N–H and O–H groups in total. The van der Waals surface area contributed by atoms with Gasteiger partial charge in [-0.2, -0.15) is 0 Å². The number of carbonyl (C=O) groups excluding carboxylic acids is 6. The molecule has 0 radical (unpaired) electrons. The molecule has 3 atom stereocenters. The van der Waals surface area contributed by atoms with E-state index in [0.717, 1.165) is 68.9 Å². The van der Waals surface area contributed by atoms with Crippen molar-refractivity contribution in [2.75, 3.05) is 0 Å². The quantitative estimate of drug-likeness (QED) is 0.0661. The fraction of sp³-hybridized carbons (Fsp3) is 0.571. The van der Waals surface area contributed by atoms with E-state index in [1.165, 1.54) is 0 Å². The van der Waals surface area contributed by atoms with Crippen LogP contribution in [-0.2, 0) is 51.2 Å². The van der Waals surface area contributed by atoms with Gasteiger partial charge in [-0.05, 0) is 70.4 Å². The Kier molecular flexibility index (Phi) is 19.2. The summed E-state index contributed by atoms with van der Waals surface area (Å²) in [7, 11) is 0. The van der Waals surface area contributed by atoms with E-state index < -0.39 is 59.9 Å². The smallest absolute Gasteiger partial charge is 0.408 e. The van der Waals surface area contributed by atoms with Gasteiger partial charge in [0.05, 0.1) is 6.42 Å². The van der Waals surface area contributed by atoms with Gasteiger partial charge in [0.25, 0.3) is 0 Å². The third-order valence-corrected chi connectivity index (χ3v) is 9.16. The third-order valence-electron chi connectivity index (χ3n) is 9.16. The van der Waals surface area contributed by atoms with E-state index in [-0.39, 0.29) is 31.5 Å². The maximum absolute atomic E-state index is 13.9. The van der Waals surface area contributed by atoms with Gasteiger partial charge in [-0.3, -0.25) is 24.0 Å². The van der Waals surface area contributed by atoms with Crippen molar-refractivity contribution >= 4 is 35.8 Å². The zero-order valence-electron chi connectivity index (χ0n) is 32.6. The topological polar surface area (TPSA) is 192 Å². The van der Waals surface area contributed by atoms with E-state index in [0.29, 0.717) is 19.3 Å². The van der Waals surface area contributed by atoms with Gasteiger partial charge < -0.3 is 35.9 Å². The molecule has 0 saturated heterocycles. The van der Waals surface area contributed by atoms with Gasteiger partial charge in [0.15, 0.2) is 0 Å². The van der Waals surface area contributed by atoms with E-state index in [1.54, 1.807) is 36.4 Å². The first-order valence-electron chi connectivity index (χ1n) is 19.6. The lowest BCUT2D eigenvalue weighted by molar-refractivity contribution is -0.155. The van der Waals surface area contributed by atoms with Crippen LogP contribution < -0.4 is 21.7 Å². The predicted octanol–water partition coefficient (Wildman–Crippen LogP) is 5.71. The van der Waals surface area contributed by atoms with Gasteiger partial charge in [0, 0.05) is 12.8 Å². The molecule has 13 heteroatoms. The van der Waals surface area contributed by atoms with Crippen LogP contribution >= 0.6 is 0 Å². The number of rotatable bonds is 22. The minimum Gasteiger partial charge on any atom is -0.462 e. The Labute approximate surface area is 325 Å². The maximum atomic E-state index is 13.9. The molecule has 55 heavy (non-hydrogen) atoms. The first-order valence-corrected chi connectivity index (χ1v) is 19.6. The summed E-state index contributed by atoms with van der Waals surface area (Å²) in [6.07, 6.45) is 8.03. The summed E-state index contributed by atoms with van der Waals surface area (Å²) in [5.41, 5.74) is 6.66. The molecule has 0 spiro atoms. The maximum Gasteiger partial charge on any atom is 0.408 e. The highest BCUT2D eigenvalue weighted by molar-refractivity contribution is 5.95. The Hall–Kier alpha value is -4.94. The van der Waals surface area contributed by atoms with Crippen LogP contribution in [0.2, 0.25) is 0 Å². The first-order chi connectivity index (χ1) is 26.3. The van der Waals surface area contributed by atoms with Gasteiger partial charge in [-0.25, -0.2) is 4.79 Å².